The van der Waals surface area contributed by atoms with E-state index in [-0.39, 0.29) is 0 Å². The number of halogens is 1. The summed E-state index contributed by atoms with van der Waals surface area (Å²) in [5.41, 5.74) is 0. The first-order valence-electron chi connectivity index (χ1n) is 4.62. The lowest BCUT2D eigenvalue weighted by Crippen LogP contribution is -2.08. The van der Waals surface area contributed by atoms with E-state index in [0.29, 0.717) is 32.3 Å². The molecular formula is C9H19ClO3. The molecule has 13 heavy (non-hydrogen) atoms. The summed E-state index contributed by atoms with van der Waals surface area (Å²) >= 11 is 5.50. The molecular weight excluding hydrogens is 192 g/mol. The van der Waals surface area contributed by atoms with Crippen molar-refractivity contribution < 1.29 is 14.2 Å². The van der Waals surface area contributed by atoms with Crippen molar-refractivity contribution in [3.8, 4) is 0 Å². The van der Waals surface area contributed by atoms with Crippen LogP contribution in [0.4, 0.5) is 0 Å². The van der Waals surface area contributed by atoms with Gasteiger partial charge in [0.25, 0.3) is 0 Å². The topological polar surface area (TPSA) is 27.7 Å². The van der Waals surface area contributed by atoms with Crippen LogP contribution in [0.2, 0.25) is 0 Å². The highest BCUT2D eigenvalue weighted by Crippen LogP contribution is 1.92. The van der Waals surface area contributed by atoms with Crippen molar-refractivity contribution in [2.24, 2.45) is 0 Å². The molecule has 0 amide bonds. The van der Waals surface area contributed by atoms with Gasteiger partial charge in [0.05, 0.1) is 26.4 Å². The van der Waals surface area contributed by atoms with Gasteiger partial charge in [-0.15, -0.1) is 11.6 Å². The molecule has 0 aliphatic carbocycles. The molecule has 0 atom stereocenters. The highest BCUT2D eigenvalue weighted by molar-refractivity contribution is 6.17. The molecule has 0 aromatic carbocycles. The van der Waals surface area contributed by atoms with Crippen LogP contribution >= 0.6 is 11.6 Å². The van der Waals surface area contributed by atoms with Gasteiger partial charge >= 0.3 is 0 Å². The van der Waals surface area contributed by atoms with Crippen LogP contribution in [0, 0.1) is 0 Å². The van der Waals surface area contributed by atoms with Gasteiger partial charge in [-0.05, 0) is 12.8 Å². The Morgan fingerprint density at radius 2 is 1.46 bits per heavy atom. The van der Waals surface area contributed by atoms with Crippen molar-refractivity contribution in [2.45, 2.75) is 12.8 Å². The van der Waals surface area contributed by atoms with Crippen molar-refractivity contribution in [3.05, 3.63) is 0 Å². The summed E-state index contributed by atoms with van der Waals surface area (Å²) in [6, 6.07) is 0. The molecule has 3 nitrogen and oxygen atoms in total. The minimum absolute atomic E-state index is 0.640. The third-order valence-electron chi connectivity index (χ3n) is 1.48. The van der Waals surface area contributed by atoms with Crippen molar-refractivity contribution in [1.82, 2.24) is 0 Å². The molecule has 0 unspecified atom stereocenters. The van der Waals surface area contributed by atoms with Crippen LogP contribution in [0.1, 0.15) is 12.8 Å². The Morgan fingerprint density at radius 3 is 2.08 bits per heavy atom. The molecule has 0 N–H and O–H groups in total. The number of rotatable bonds is 10. The molecule has 0 radical (unpaired) electrons. The van der Waals surface area contributed by atoms with Gasteiger partial charge in [0.2, 0.25) is 0 Å². The zero-order valence-electron chi connectivity index (χ0n) is 8.26. The molecule has 0 aromatic rings. The van der Waals surface area contributed by atoms with Gasteiger partial charge in [-0.25, -0.2) is 0 Å². The standard InChI is InChI=1S/C9H19ClO3/c1-11-6-7-13-9-8-12-5-3-2-4-10/h2-9H2,1H3. The fourth-order valence-corrected chi connectivity index (χ4v) is 0.952. The number of ether oxygens (including phenoxy) is 3. The Morgan fingerprint density at radius 1 is 0.846 bits per heavy atom. The van der Waals surface area contributed by atoms with Crippen molar-refractivity contribution in [2.75, 3.05) is 46.0 Å². The van der Waals surface area contributed by atoms with E-state index < -0.39 is 0 Å². The normalized spacial score (nSPS) is 10.6. The number of alkyl halides is 1. The van der Waals surface area contributed by atoms with E-state index in [1.165, 1.54) is 0 Å². The molecule has 4 heteroatoms. The summed E-state index contributed by atoms with van der Waals surface area (Å²) in [6.45, 7) is 3.37. The lowest BCUT2D eigenvalue weighted by atomic mass is 10.4. The summed E-state index contributed by atoms with van der Waals surface area (Å²) in [5.74, 6) is 0.716. The lowest BCUT2D eigenvalue weighted by Gasteiger charge is -2.04. The first-order chi connectivity index (χ1) is 6.41. The second kappa shape index (κ2) is 12.2. The van der Waals surface area contributed by atoms with E-state index in [1.54, 1.807) is 7.11 Å². The quantitative estimate of drug-likeness (QED) is 0.406. The van der Waals surface area contributed by atoms with Crippen molar-refractivity contribution in [3.63, 3.8) is 0 Å². The van der Waals surface area contributed by atoms with E-state index >= 15 is 0 Å². The van der Waals surface area contributed by atoms with Crippen molar-refractivity contribution in [1.29, 1.82) is 0 Å². The zero-order valence-corrected chi connectivity index (χ0v) is 9.02. The molecule has 0 saturated carbocycles. The van der Waals surface area contributed by atoms with Gasteiger partial charge in [-0.3, -0.25) is 0 Å². The molecule has 0 bridgehead atoms. The maximum atomic E-state index is 5.50. The van der Waals surface area contributed by atoms with Gasteiger partial charge < -0.3 is 14.2 Å². The molecule has 0 rings (SSSR count). The first-order valence-corrected chi connectivity index (χ1v) is 5.15. The second-order valence-electron chi connectivity index (χ2n) is 2.61. The van der Waals surface area contributed by atoms with E-state index in [2.05, 4.69) is 0 Å². The van der Waals surface area contributed by atoms with Gasteiger partial charge in [0, 0.05) is 19.6 Å². The van der Waals surface area contributed by atoms with Crippen LogP contribution in [-0.2, 0) is 14.2 Å². The van der Waals surface area contributed by atoms with Gasteiger partial charge in [-0.1, -0.05) is 0 Å². The van der Waals surface area contributed by atoms with Crippen molar-refractivity contribution >= 4 is 11.6 Å². The largest absolute Gasteiger partial charge is 0.382 e. The smallest absolute Gasteiger partial charge is 0.0701 e. The minimum Gasteiger partial charge on any atom is -0.382 e. The molecule has 0 aliphatic heterocycles. The first kappa shape index (κ1) is 13.2. The van der Waals surface area contributed by atoms with Crippen LogP contribution in [0.3, 0.4) is 0 Å². The summed E-state index contributed by atoms with van der Waals surface area (Å²) < 4.78 is 15.3. The number of methoxy groups -OCH3 is 1. The third-order valence-corrected chi connectivity index (χ3v) is 1.74. The van der Waals surface area contributed by atoms with Gasteiger partial charge in [0.1, 0.15) is 0 Å². The number of hydrogen-bond acceptors (Lipinski definition) is 3. The predicted molar refractivity (Wildman–Crippen MR) is 53.5 cm³/mol. The van der Waals surface area contributed by atoms with Crippen LogP contribution in [0.15, 0.2) is 0 Å². The summed E-state index contributed by atoms with van der Waals surface area (Å²) in [6.07, 6.45) is 2.05. The fraction of sp³-hybridized carbons (Fsp3) is 1.00. The Bertz CT molecular complexity index is 80.9. The van der Waals surface area contributed by atoms with Crippen LogP contribution < -0.4 is 0 Å². The predicted octanol–water partition coefficient (Wildman–Crippen LogP) is 1.69. The monoisotopic (exact) mass is 210 g/mol. The highest BCUT2D eigenvalue weighted by Gasteiger charge is 1.90. The summed E-state index contributed by atoms with van der Waals surface area (Å²) in [4.78, 5) is 0. The maximum Gasteiger partial charge on any atom is 0.0701 e. The van der Waals surface area contributed by atoms with Crippen LogP contribution in [0.25, 0.3) is 0 Å². The Labute approximate surface area is 85.3 Å². The molecule has 0 fully saturated rings. The van der Waals surface area contributed by atoms with Crippen LogP contribution in [-0.4, -0.2) is 46.0 Å². The Hall–Kier alpha value is 0.170. The molecule has 0 saturated heterocycles. The maximum absolute atomic E-state index is 5.50. The molecule has 0 aromatic heterocycles. The minimum atomic E-state index is 0.640. The second-order valence-corrected chi connectivity index (χ2v) is 2.99. The Kier molecular flexibility index (Phi) is 12.3. The van der Waals surface area contributed by atoms with E-state index in [4.69, 9.17) is 25.8 Å². The van der Waals surface area contributed by atoms with E-state index in [0.717, 1.165) is 19.4 Å². The molecule has 0 aliphatic rings. The summed E-state index contributed by atoms with van der Waals surface area (Å²) in [5, 5.41) is 0. The van der Waals surface area contributed by atoms with E-state index in [9.17, 15) is 0 Å². The average Bonchev–Trinajstić information content (AvgIpc) is 2.16. The number of unbranched alkanes of at least 4 members (excludes halogenated alkanes) is 1. The molecule has 0 heterocycles. The highest BCUT2D eigenvalue weighted by atomic mass is 35.5. The van der Waals surface area contributed by atoms with Gasteiger partial charge in [-0.2, -0.15) is 0 Å². The van der Waals surface area contributed by atoms with Gasteiger partial charge in [0.15, 0.2) is 0 Å². The molecule has 0 spiro atoms. The average molecular weight is 211 g/mol. The SMILES string of the molecule is COCCOCCOCCCCCl. The molecule has 80 valence electrons. The number of hydrogen-bond donors (Lipinski definition) is 0. The summed E-state index contributed by atoms with van der Waals surface area (Å²) in [7, 11) is 1.66. The van der Waals surface area contributed by atoms with E-state index in [1.807, 2.05) is 0 Å². The zero-order chi connectivity index (χ0) is 9.78. The Balaban J connectivity index is 2.76. The lowest BCUT2D eigenvalue weighted by molar-refractivity contribution is 0.0242. The fourth-order valence-electron chi connectivity index (χ4n) is 0.763. The van der Waals surface area contributed by atoms with Crippen LogP contribution in [0.5, 0.6) is 0 Å². The third kappa shape index (κ3) is 12.2.